The molecule has 0 spiro atoms. The molecule has 23 heavy (non-hydrogen) atoms. The van der Waals surface area contributed by atoms with Crippen LogP contribution in [0.2, 0.25) is 0 Å². The summed E-state index contributed by atoms with van der Waals surface area (Å²) in [6.07, 6.45) is 6.66. The van der Waals surface area contributed by atoms with Gasteiger partial charge < -0.3 is 15.6 Å². The minimum Gasteiger partial charge on any atom is -0.343 e. The van der Waals surface area contributed by atoms with Gasteiger partial charge in [-0.2, -0.15) is 4.98 Å². The maximum absolute atomic E-state index is 12.0. The largest absolute Gasteiger partial charge is 0.343 e. The lowest BCUT2D eigenvalue weighted by Crippen LogP contribution is -2.42. The molecule has 7 heteroatoms. The van der Waals surface area contributed by atoms with Gasteiger partial charge in [-0.25, -0.2) is 0 Å². The maximum Gasteiger partial charge on any atom is 0.248 e. The zero-order valence-corrected chi connectivity index (χ0v) is 15.1. The number of hydrogen-bond donors (Lipinski definition) is 2. The maximum atomic E-state index is 12.0. The van der Waals surface area contributed by atoms with Crippen molar-refractivity contribution in [1.29, 1.82) is 0 Å². The summed E-state index contributed by atoms with van der Waals surface area (Å²) in [4.78, 5) is 16.5. The normalized spacial score (nSPS) is 18.3. The van der Waals surface area contributed by atoms with E-state index in [-0.39, 0.29) is 24.4 Å². The molecule has 0 bridgehead atoms. The Kier molecular flexibility index (Phi) is 7.99. The second-order valence-corrected chi connectivity index (χ2v) is 6.79. The third kappa shape index (κ3) is 5.77. The van der Waals surface area contributed by atoms with Gasteiger partial charge in [0.05, 0.1) is 6.04 Å². The molecule has 2 rings (SSSR count). The van der Waals surface area contributed by atoms with E-state index in [2.05, 4.69) is 15.5 Å². The van der Waals surface area contributed by atoms with Crippen LogP contribution in [0.5, 0.6) is 0 Å². The van der Waals surface area contributed by atoms with Crippen LogP contribution < -0.4 is 11.1 Å². The zero-order chi connectivity index (χ0) is 16.1. The van der Waals surface area contributed by atoms with Crippen molar-refractivity contribution in [3.05, 3.63) is 11.7 Å². The molecule has 2 atom stereocenters. The van der Waals surface area contributed by atoms with Gasteiger partial charge in [-0.05, 0) is 32.1 Å². The molecule has 1 aliphatic carbocycles. The minimum absolute atomic E-state index is 0. The van der Waals surface area contributed by atoms with Crippen LogP contribution in [0.1, 0.15) is 83.0 Å². The van der Waals surface area contributed by atoms with E-state index in [9.17, 15) is 4.79 Å². The van der Waals surface area contributed by atoms with Gasteiger partial charge in [0.1, 0.15) is 6.04 Å². The summed E-state index contributed by atoms with van der Waals surface area (Å²) in [5.41, 5.74) is 5.89. The highest BCUT2D eigenvalue weighted by atomic mass is 35.5. The van der Waals surface area contributed by atoms with Crippen molar-refractivity contribution >= 4 is 18.3 Å². The number of nitrogens with one attached hydrogen (secondary N) is 1. The lowest BCUT2D eigenvalue weighted by Gasteiger charge is -2.18. The number of carbonyl (C=O) groups is 1. The van der Waals surface area contributed by atoms with E-state index in [0.29, 0.717) is 24.1 Å². The fourth-order valence-electron chi connectivity index (χ4n) is 2.95. The summed E-state index contributed by atoms with van der Waals surface area (Å²) < 4.78 is 5.32. The lowest BCUT2D eigenvalue weighted by molar-refractivity contribution is -0.123. The first-order valence-corrected chi connectivity index (χ1v) is 8.36. The van der Waals surface area contributed by atoms with Gasteiger partial charge in [0.25, 0.3) is 0 Å². The van der Waals surface area contributed by atoms with Crippen molar-refractivity contribution in [2.24, 2.45) is 11.7 Å². The van der Waals surface area contributed by atoms with Crippen LogP contribution in [-0.2, 0) is 4.79 Å². The number of halogens is 1. The van der Waals surface area contributed by atoms with Crippen LogP contribution in [-0.4, -0.2) is 22.1 Å². The SMILES string of the molecule is CC(C)C[C@H](N)C(=O)NC(C)c1nc(C2CCCCC2)no1.Cl. The summed E-state index contributed by atoms with van der Waals surface area (Å²) in [6.45, 7) is 5.94. The Hall–Kier alpha value is -1.14. The minimum atomic E-state index is -0.497. The van der Waals surface area contributed by atoms with Crippen LogP contribution in [0, 0.1) is 5.92 Å². The fourth-order valence-corrected chi connectivity index (χ4v) is 2.95. The van der Waals surface area contributed by atoms with Gasteiger partial charge in [0.2, 0.25) is 11.8 Å². The van der Waals surface area contributed by atoms with Crippen molar-refractivity contribution in [2.45, 2.75) is 77.3 Å². The van der Waals surface area contributed by atoms with E-state index in [1.54, 1.807) is 0 Å². The molecule has 1 aromatic heterocycles. The van der Waals surface area contributed by atoms with Gasteiger partial charge in [-0.3, -0.25) is 4.79 Å². The standard InChI is InChI=1S/C16H28N4O2.ClH/c1-10(2)9-13(17)15(21)18-11(3)16-19-14(20-22-16)12-7-5-4-6-8-12;/h10-13H,4-9,17H2,1-3H3,(H,18,21);1H/t11?,13-;/m0./s1. The summed E-state index contributed by atoms with van der Waals surface area (Å²) in [5, 5.41) is 6.95. The number of amides is 1. The molecule has 1 heterocycles. The van der Waals surface area contributed by atoms with Crippen molar-refractivity contribution < 1.29 is 9.32 Å². The lowest BCUT2D eigenvalue weighted by atomic mass is 9.89. The molecule has 1 saturated carbocycles. The van der Waals surface area contributed by atoms with Crippen molar-refractivity contribution in [3.63, 3.8) is 0 Å². The fraction of sp³-hybridized carbons (Fsp3) is 0.812. The quantitative estimate of drug-likeness (QED) is 0.826. The number of nitrogens with two attached hydrogens (primary N) is 1. The Bertz CT molecular complexity index is 486. The van der Waals surface area contributed by atoms with Crippen molar-refractivity contribution in [2.75, 3.05) is 0 Å². The number of nitrogens with zero attached hydrogens (tertiary/aromatic N) is 2. The van der Waals surface area contributed by atoms with E-state index in [1.807, 2.05) is 20.8 Å². The van der Waals surface area contributed by atoms with Gasteiger partial charge in [0, 0.05) is 5.92 Å². The Balaban J connectivity index is 0.00000264. The Labute approximate surface area is 144 Å². The van der Waals surface area contributed by atoms with E-state index in [0.717, 1.165) is 18.7 Å². The highest BCUT2D eigenvalue weighted by Crippen LogP contribution is 2.31. The van der Waals surface area contributed by atoms with Crippen molar-refractivity contribution in [1.82, 2.24) is 15.5 Å². The number of hydrogen-bond acceptors (Lipinski definition) is 5. The molecule has 6 nitrogen and oxygen atoms in total. The molecule has 3 N–H and O–H groups in total. The van der Waals surface area contributed by atoms with E-state index in [1.165, 1.54) is 19.3 Å². The predicted octanol–water partition coefficient (Wildman–Crippen LogP) is 3.09. The summed E-state index contributed by atoms with van der Waals surface area (Å²) in [7, 11) is 0. The van der Waals surface area contributed by atoms with Crippen LogP contribution in [0.3, 0.4) is 0 Å². The Morgan fingerprint density at radius 2 is 1.96 bits per heavy atom. The van der Waals surface area contributed by atoms with Gasteiger partial charge in [0.15, 0.2) is 5.82 Å². The first-order valence-electron chi connectivity index (χ1n) is 8.36. The summed E-state index contributed by atoms with van der Waals surface area (Å²) >= 11 is 0. The molecule has 1 amide bonds. The molecule has 0 aromatic carbocycles. The van der Waals surface area contributed by atoms with Gasteiger partial charge in [-0.15, -0.1) is 12.4 Å². The topological polar surface area (TPSA) is 94.0 Å². The second-order valence-electron chi connectivity index (χ2n) is 6.79. The van der Waals surface area contributed by atoms with Gasteiger partial charge >= 0.3 is 0 Å². The molecule has 0 saturated heterocycles. The average molecular weight is 345 g/mol. The number of carbonyl (C=O) groups excluding carboxylic acids is 1. The highest BCUT2D eigenvalue weighted by Gasteiger charge is 2.24. The molecule has 1 fully saturated rings. The van der Waals surface area contributed by atoms with E-state index in [4.69, 9.17) is 10.3 Å². The van der Waals surface area contributed by atoms with Crippen LogP contribution in [0.4, 0.5) is 0 Å². The zero-order valence-electron chi connectivity index (χ0n) is 14.2. The second kappa shape index (κ2) is 9.23. The smallest absolute Gasteiger partial charge is 0.248 e. The number of aromatic nitrogens is 2. The molecule has 1 aliphatic rings. The molecule has 132 valence electrons. The van der Waals surface area contributed by atoms with Crippen LogP contribution in [0.15, 0.2) is 4.52 Å². The Morgan fingerprint density at radius 3 is 2.57 bits per heavy atom. The van der Waals surface area contributed by atoms with Crippen LogP contribution in [0.25, 0.3) is 0 Å². The van der Waals surface area contributed by atoms with E-state index < -0.39 is 6.04 Å². The summed E-state index contributed by atoms with van der Waals surface area (Å²) in [5.74, 6) is 1.86. The first-order chi connectivity index (χ1) is 10.5. The van der Waals surface area contributed by atoms with E-state index >= 15 is 0 Å². The molecule has 1 unspecified atom stereocenters. The molecule has 0 aliphatic heterocycles. The first kappa shape index (κ1) is 19.9. The predicted molar refractivity (Wildman–Crippen MR) is 91.4 cm³/mol. The molecular weight excluding hydrogens is 316 g/mol. The summed E-state index contributed by atoms with van der Waals surface area (Å²) in [6, 6.07) is -0.807. The van der Waals surface area contributed by atoms with Crippen LogP contribution >= 0.6 is 12.4 Å². The Morgan fingerprint density at radius 1 is 1.30 bits per heavy atom. The third-order valence-corrected chi connectivity index (χ3v) is 4.22. The highest BCUT2D eigenvalue weighted by molar-refractivity contribution is 5.85. The average Bonchev–Trinajstić information content (AvgIpc) is 2.97. The van der Waals surface area contributed by atoms with Gasteiger partial charge in [-0.1, -0.05) is 38.3 Å². The molecule has 1 aromatic rings. The number of rotatable bonds is 6. The van der Waals surface area contributed by atoms with Crippen molar-refractivity contribution in [3.8, 4) is 0 Å². The molecule has 0 radical (unpaired) electrons. The third-order valence-electron chi connectivity index (χ3n) is 4.22. The molecular formula is C16H29ClN4O2. The monoisotopic (exact) mass is 344 g/mol.